The van der Waals surface area contributed by atoms with Crippen LogP contribution in [-0.4, -0.2) is 362 Å². The molecule has 7 aliphatic heterocycles. The van der Waals surface area contributed by atoms with Gasteiger partial charge in [-0.15, -0.1) is 0 Å². The molecular weight excluding hydrogens is 1270 g/mol. The van der Waals surface area contributed by atoms with E-state index in [9.17, 15) is 117 Å². The van der Waals surface area contributed by atoms with Crippen molar-refractivity contribution < 1.29 is 188 Å². The number of hydrogen-bond donors (Lipinski definition) is 21. The van der Waals surface area contributed by atoms with Gasteiger partial charge in [-0.2, -0.15) is 0 Å². The number of ether oxygens (including phenoxy) is 15. The Morgan fingerprint density at radius 3 is 1.24 bits per heavy atom. The summed E-state index contributed by atoms with van der Waals surface area (Å²) in [4.78, 5) is 23.9. The van der Waals surface area contributed by atoms with Gasteiger partial charge < -0.3 is 178 Å². The topological polar surface area (TPSA) is 597 Å². The number of aliphatic hydroxyl groups is 19. The first kappa shape index (κ1) is 73.0. The van der Waals surface area contributed by atoms with Crippen molar-refractivity contribution in [3.63, 3.8) is 0 Å². The van der Waals surface area contributed by atoms with Crippen molar-refractivity contribution in [1.82, 2.24) is 0 Å². The monoisotopic (exact) mass is 1350 g/mol. The lowest BCUT2D eigenvalue weighted by Crippen LogP contribution is -2.68. The maximum Gasteiger partial charge on any atom is 0.339 e. The van der Waals surface area contributed by atoms with Gasteiger partial charge in [0.05, 0.1) is 52.7 Å². The van der Waals surface area contributed by atoms with Crippen LogP contribution in [0, 0.1) is 0 Å². The van der Waals surface area contributed by atoms with Crippen molar-refractivity contribution >= 4 is 11.9 Å². The number of aromatic carboxylic acids is 1. The summed E-state index contributed by atoms with van der Waals surface area (Å²) in [5.41, 5.74) is 0.285. The molecule has 93 heavy (non-hydrogen) atoms. The lowest BCUT2D eigenvalue weighted by Gasteiger charge is -2.49. The molecule has 38 heteroatoms. The van der Waals surface area contributed by atoms with Gasteiger partial charge in [0.15, 0.2) is 37.7 Å². The minimum Gasteiger partial charge on any atom is -0.507 e. The first-order valence-electron chi connectivity index (χ1n) is 29.3. The fourth-order valence-corrected chi connectivity index (χ4v) is 11.0. The van der Waals surface area contributed by atoms with E-state index in [4.69, 9.17) is 71.1 Å². The maximum atomic E-state index is 12.6. The van der Waals surface area contributed by atoms with Crippen LogP contribution in [0.2, 0.25) is 0 Å². The molecule has 0 aliphatic carbocycles. The van der Waals surface area contributed by atoms with Gasteiger partial charge in [-0.1, -0.05) is 18.2 Å². The summed E-state index contributed by atoms with van der Waals surface area (Å²) in [6, 6.07) is 9.27. The molecule has 7 heterocycles. The van der Waals surface area contributed by atoms with E-state index in [2.05, 4.69) is 0 Å². The predicted molar refractivity (Wildman–Crippen MR) is 287 cm³/mol. The molecule has 21 N–H and O–H groups in total. The summed E-state index contributed by atoms with van der Waals surface area (Å²) in [6.45, 7) is -5.44. The molecular formula is C55H78O38. The highest BCUT2D eigenvalue weighted by Gasteiger charge is 2.57. The highest BCUT2D eigenvalue weighted by molar-refractivity contribution is 5.91. The first-order valence-corrected chi connectivity index (χ1v) is 29.3. The molecule has 2 aromatic rings. The van der Waals surface area contributed by atoms with Crippen LogP contribution in [0.25, 0.3) is 0 Å². The van der Waals surface area contributed by atoms with Gasteiger partial charge in [0.2, 0.25) is 6.29 Å². The summed E-state index contributed by atoms with van der Waals surface area (Å²) in [7, 11) is 0. The van der Waals surface area contributed by atoms with Crippen LogP contribution in [0.15, 0.2) is 42.5 Å². The Morgan fingerprint density at radius 2 is 0.796 bits per heavy atom. The van der Waals surface area contributed by atoms with E-state index in [1.165, 1.54) is 30.3 Å². The second kappa shape index (κ2) is 31.9. The van der Waals surface area contributed by atoms with Crippen molar-refractivity contribution in [1.29, 1.82) is 0 Å². The van der Waals surface area contributed by atoms with Gasteiger partial charge in [-0.25, -0.2) is 4.79 Å². The van der Waals surface area contributed by atoms with Crippen LogP contribution in [0.3, 0.4) is 0 Å². The molecule has 0 radical (unpaired) electrons. The largest absolute Gasteiger partial charge is 0.507 e. The third-order valence-corrected chi connectivity index (χ3v) is 16.5. The van der Waals surface area contributed by atoms with Crippen molar-refractivity contribution in [3.8, 4) is 11.5 Å². The van der Waals surface area contributed by atoms with Crippen LogP contribution in [0.5, 0.6) is 11.5 Å². The molecule has 32 atom stereocenters. The summed E-state index contributed by atoms with van der Waals surface area (Å²) in [5, 5.41) is 225. The van der Waals surface area contributed by atoms with Gasteiger partial charge in [0.1, 0.15) is 176 Å². The van der Waals surface area contributed by atoms with E-state index in [1.807, 2.05) is 0 Å². The summed E-state index contributed by atoms with van der Waals surface area (Å²) < 4.78 is 85.3. The van der Waals surface area contributed by atoms with E-state index >= 15 is 0 Å². The van der Waals surface area contributed by atoms with Crippen LogP contribution >= 0.6 is 0 Å². The maximum absolute atomic E-state index is 12.6. The van der Waals surface area contributed by atoms with Crippen LogP contribution in [0.1, 0.15) is 21.5 Å². The van der Waals surface area contributed by atoms with E-state index in [0.29, 0.717) is 5.56 Å². The van der Waals surface area contributed by atoms with E-state index in [1.54, 1.807) is 0 Å². The van der Waals surface area contributed by atoms with E-state index < -0.39 is 266 Å². The van der Waals surface area contributed by atoms with Crippen LogP contribution in [0.4, 0.5) is 0 Å². The third kappa shape index (κ3) is 16.8. The number of phenols is 1. The number of carboxylic acid groups (broad SMARTS) is 1. The number of carbonyl (C=O) groups excluding carboxylic acids is 1. The van der Waals surface area contributed by atoms with Gasteiger partial charge in [-0.05, 0) is 35.4 Å². The fourth-order valence-electron chi connectivity index (χ4n) is 11.0. The van der Waals surface area contributed by atoms with Crippen LogP contribution in [-0.2, 0) is 84.1 Å². The van der Waals surface area contributed by atoms with Crippen molar-refractivity contribution in [2.45, 2.75) is 210 Å². The number of carboxylic acids is 1. The number of hydrogen-bond acceptors (Lipinski definition) is 37. The van der Waals surface area contributed by atoms with Crippen LogP contribution < -0.4 is 4.74 Å². The van der Waals surface area contributed by atoms with Crippen molar-refractivity contribution in [2.75, 3.05) is 46.2 Å². The normalized spacial score (nSPS) is 44.1. The number of benzene rings is 2. The second-order valence-electron chi connectivity index (χ2n) is 23.1. The zero-order chi connectivity index (χ0) is 67.4. The molecule has 526 valence electrons. The molecule has 7 aliphatic rings. The minimum atomic E-state index is -2.34. The number of aliphatic hydroxyl groups excluding tert-OH is 19. The van der Waals surface area contributed by atoms with Gasteiger partial charge in [0.25, 0.3) is 0 Å². The molecule has 13 unspecified atom stereocenters. The predicted octanol–water partition coefficient (Wildman–Crippen LogP) is -11.6. The molecule has 0 spiro atoms. The third-order valence-electron chi connectivity index (χ3n) is 16.5. The SMILES string of the molecule is O=C(Cc1ccc(O)c(C(=O)O)c1)OCc1ccc(O[C@@H]2O[C@@H](CO)[C@@H](O[C@@H]3OC(CO[C@H]4OC[C@@H](O)C(O)[C@@H]4O)[C@@H](O[C@@H]4OC(CO[C@H]5OC[C@@H](O)C(O)C5O)[C@@H](O[C@@H]5OC(CO[C@H]6OC[C@@H](O)C(O)[C@@H]6O)[C@@H](O)C(O)[C@@H]5O)C(O)C4O)C(O)[C@@H]3O)C(O)C2O)cc1. The number of carbonyl (C=O) groups is 2. The Balaban J connectivity index is 0.886. The summed E-state index contributed by atoms with van der Waals surface area (Å²) in [6.07, 6.45) is -61.8. The standard InChI is InChI=1S/C55H78O38/c56-9-25-45(35(67)42(74)52(87-25)86-19-4-1-17(2-5-19)10-79-29(61)8-18-3-6-21(57)20(7-18)48(77)78)91-54-43(75)36(68)47(28(89-54)16-85-51-40(72)32(64)24(60)13-82-51)93-55-44(76)37(69)46(27(90-55)15-84-50-39(71)31(63)23(59)12-81-50)92-53-41(73)34(66)33(65)26(88-53)14-83-49-38(70)30(62)22(58)11-80-49/h1-7,22-28,30-47,49-60,62-76H,8-16H2,(H,77,78)/t22-,23-,24-,25+,26?,27?,28?,30?,31?,32?,33-,34?,35?,36?,37?,38+,39?,40+,41+,42?,43+,44?,45-,46-,47-,49-,50-,51-,52-,53+,54+,55+/m1/s1. The number of esters is 1. The quantitative estimate of drug-likeness (QED) is 0.0459. The molecule has 7 saturated heterocycles. The Bertz CT molecular complexity index is 2700. The van der Waals surface area contributed by atoms with Gasteiger partial charge in [0, 0.05) is 0 Å². The Kier molecular flexibility index (Phi) is 25.0. The highest BCUT2D eigenvalue weighted by Crippen LogP contribution is 2.37. The fraction of sp³-hybridized carbons (Fsp3) is 0.745. The summed E-state index contributed by atoms with van der Waals surface area (Å²) in [5.74, 6) is -2.61. The molecule has 2 aromatic carbocycles. The van der Waals surface area contributed by atoms with Gasteiger partial charge >= 0.3 is 11.9 Å². The molecule has 9 rings (SSSR count). The lowest BCUT2D eigenvalue weighted by molar-refractivity contribution is -0.393. The molecule has 0 amide bonds. The zero-order valence-corrected chi connectivity index (χ0v) is 48.7. The smallest absolute Gasteiger partial charge is 0.339 e. The Labute approximate surface area is 525 Å². The van der Waals surface area contributed by atoms with Crippen molar-refractivity contribution in [3.05, 3.63) is 59.2 Å². The highest BCUT2D eigenvalue weighted by atomic mass is 16.8. The number of rotatable bonds is 23. The Hall–Kier alpha value is -4.30. The van der Waals surface area contributed by atoms with E-state index in [-0.39, 0.29) is 24.3 Å². The lowest BCUT2D eigenvalue weighted by atomic mass is 9.95. The molecule has 0 aromatic heterocycles. The molecule has 38 nitrogen and oxygen atoms in total. The van der Waals surface area contributed by atoms with E-state index in [0.717, 1.165) is 12.1 Å². The van der Waals surface area contributed by atoms with Crippen molar-refractivity contribution in [2.24, 2.45) is 0 Å². The molecule has 7 fully saturated rings. The molecule has 0 saturated carbocycles. The second-order valence-corrected chi connectivity index (χ2v) is 23.1. The molecule has 0 bridgehead atoms. The zero-order valence-electron chi connectivity index (χ0n) is 48.7. The first-order chi connectivity index (χ1) is 44.1. The Morgan fingerprint density at radius 1 is 0.419 bits per heavy atom. The number of aromatic hydroxyl groups is 1. The average Bonchev–Trinajstić information content (AvgIpc) is 0.790. The average molecular weight is 1350 g/mol. The minimum absolute atomic E-state index is 0.0201. The summed E-state index contributed by atoms with van der Waals surface area (Å²) >= 11 is 0. The van der Waals surface area contributed by atoms with Gasteiger partial charge in [-0.3, -0.25) is 4.79 Å².